The molecule has 0 bridgehead atoms. The largest absolute Gasteiger partial charge is 0.497 e. The van der Waals surface area contributed by atoms with Crippen molar-refractivity contribution in [3.05, 3.63) is 76.3 Å². The van der Waals surface area contributed by atoms with Crippen molar-refractivity contribution >= 4 is 32.5 Å². The standard InChI is InChI=1S/C20H17BrO2/c1-13(20(22)17-4-3-5-18(21)11-17)14-6-7-16-12-19(23-2)9-8-15(16)10-14/h3-13H,1-2H3. The second-order valence-electron chi connectivity index (χ2n) is 5.57. The zero-order chi connectivity index (χ0) is 16.4. The minimum absolute atomic E-state index is 0.124. The minimum Gasteiger partial charge on any atom is -0.497 e. The van der Waals surface area contributed by atoms with Crippen LogP contribution < -0.4 is 4.74 Å². The van der Waals surface area contributed by atoms with Crippen molar-refractivity contribution in [2.24, 2.45) is 0 Å². The van der Waals surface area contributed by atoms with Crippen LogP contribution in [0.15, 0.2) is 65.1 Å². The number of fused-ring (bicyclic) bond motifs is 1. The fourth-order valence-corrected chi connectivity index (χ4v) is 3.08. The molecule has 2 nitrogen and oxygen atoms in total. The summed E-state index contributed by atoms with van der Waals surface area (Å²) in [6.07, 6.45) is 0. The van der Waals surface area contributed by atoms with Gasteiger partial charge < -0.3 is 4.74 Å². The van der Waals surface area contributed by atoms with Crippen LogP contribution in [0.1, 0.15) is 28.8 Å². The van der Waals surface area contributed by atoms with Crippen molar-refractivity contribution in [1.82, 2.24) is 0 Å². The maximum atomic E-state index is 12.7. The van der Waals surface area contributed by atoms with Crippen molar-refractivity contribution in [2.75, 3.05) is 7.11 Å². The first-order valence-corrected chi connectivity index (χ1v) is 8.25. The highest BCUT2D eigenvalue weighted by molar-refractivity contribution is 9.10. The van der Waals surface area contributed by atoms with Crippen LogP contribution in [0.4, 0.5) is 0 Å². The summed E-state index contributed by atoms with van der Waals surface area (Å²) in [7, 11) is 1.66. The zero-order valence-electron chi connectivity index (χ0n) is 13.0. The molecule has 23 heavy (non-hydrogen) atoms. The lowest BCUT2D eigenvalue weighted by Crippen LogP contribution is -2.09. The summed E-state index contributed by atoms with van der Waals surface area (Å²) in [5.41, 5.74) is 1.74. The summed E-state index contributed by atoms with van der Waals surface area (Å²) in [4.78, 5) is 12.7. The van der Waals surface area contributed by atoms with Gasteiger partial charge in [-0.2, -0.15) is 0 Å². The lowest BCUT2D eigenvalue weighted by molar-refractivity contribution is 0.0966. The Morgan fingerprint density at radius 1 is 1.00 bits per heavy atom. The van der Waals surface area contributed by atoms with E-state index in [1.165, 1.54) is 0 Å². The number of halogens is 1. The Balaban J connectivity index is 1.94. The molecule has 3 aromatic rings. The van der Waals surface area contributed by atoms with E-state index in [1.807, 2.05) is 61.5 Å². The van der Waals surface area contributed by atoms with Gasteiger partial charge in [0.15, 0.2) is 5.78 Å². The molecule has 0 aromatic heterocycles. The lowest BCUT2D eigenvalue weighted by Gasteiger charge is -2.13. The fraction of sp³-hybridized carbons (Fsp3) is 0.150. The summed E-state index contributed by atoms with van der Waals surface area (Å²) in [6.45, 7) is 1.95. The number of Topliss-reactive ketones (excluding diaryl/α,β-unsaturated/α-hetero) is 1. The van der Waals surface area contributed by atoms with E-state index in [4.69, 9.17) is 4.74 Å². The number of ether oxygens (including phenoxy) is 1. The molecular formula is C20H17BrO2. The number of hydrogen-bond donors (Lipinski definition) is 0. The topological polar surface area (TPSA) is 26.3 Å². The molecule has 0 amide bonds. The highest BCUT2D eigenvalue weighted by Gasteiger charge is 2.17. The second-order valence-corrected chi connectivity index (χ2v) is 6.48. The van der Waals surface area contributed by atoms with E-state index in [0.717, 1.165) is 32.1 Å². The molecule has 1 atom stereocenters. The van der Waals surface area contributed by atoms with Crippen molar-refractivity contribution in [3.8, 4) is 5.75 Å². The van der Waals surface area contributed by atoms with Gasteiger partial charge in [-0.15, -0.1) is 0 Å². The summed E-state index contributed by atoms with van der Waals surface area (Å²) >= 11 is 3.42. The van der Waals surface area contributed by atoms with Gasteiger partial charge in [-0.25, -0.2) is 0 Å². The van der Waals surface area contributed by atoms with Crippen LogP contribution in [0.2, 0.25) is 0 Å². The van der Waals surface area contributed by atoms with Gasteiger partial charge in [0, 0.05) is 16.0 Å². The van der Waals surface area contributed by atoms with Gasteiger partial charge in [-0.1, -0.05) is 59.3 Å². The molecular weight excluding hydrogens is 352 g/mol. The molecule has 0 aliphatic carbocycles. The second kappa shape index (κ2) is 6.55. The minimum atomic E-state index is -0.184. The Kier molecular flexibility index (Phi) is 4.49. The van der Waals surface area contributed by atoms with Crippen LogP contribution in [-0.4, -0.2) is 12.9 Å². The van der Waals surface area contributed by atoms with Gasteiger partial charge in [0.25, 0.3) is 0 Å². The number of methoxy groups -OCH3 is 1. The molecule has 3 heteroatoms. The van der Waals surface area contributed by atoms with Crippen LogP contribution in [-0.2, 0) is 0 Å². The predicted octanol–water partition coefficient (Wildman–Crippen LogP) is 5.60. The van der Waals surface area contributed by atoms with E-state index in [2.05, 4.69) is 22.0 Å². The highest BCUT2D eigenvalue weighted by Crippen LogP contribution is 2.27. The summed E-state index contributed by atoms with van der Waals surface area (Å²) < 4.78 is 6.17. The van der Waals surface area contributed by atoms with Crippen molar-refractivity contribution in [2.45, 2.75) is 12.8 Å². The average molecular weight is 369 g/mol. The first-order chi connectivity index (χ1) is 11.1. The quantitative estimate of drug-likeness (QED) is 0.560. The monoisotopic (exact) mass is 368 g/mol. The van der Waals surface area contributed by atoms with E-state index in [0.29, 0.717) is 0 Å². The first-order valence-electron chi connectivity index (χ1n) is 7.46. The molecule has 0 saturated heterocycles. The number of hydrogen-bond acceptors (Lipinski definition) is 2. The Labute approximate surface area is 144 Å². The molecule has 0 heterocycles. The van der Waals surface area contributed by atoms with E-state index in [9.17, 15) is 4.79 Å². The maximum Gasteiger partial charge on any atom is 0.170 e. The van der Waals surface area contributed by atoms with Gasteiger partial charge in [-0.3, -0.25) is 4.79 Å². The zero-order valence-corrected chi connectivity index (χ0v) is 14.6. The number of carbonyl (C=O) groups is 1. The van der Waals surface area contributed by atoms with E-state index in [1.54, 1.807) is 7.11 Å². The van der Waals surface area contributed by atoms with Gasteiger partial charge in [0.2, 0.25) is 0 Å². The lowest BCUT2D eigenvalue weighted by atomic mass is 9.91. The third-order valence-electron chi connectivity index (χ3n) is 4.07. The molecule has 0 radical (unpaired) electrons. The number of carbonyl (C=O) groups excluding carboxylic acids is 1. The summed E-state index contributed by atoms with van der Waals surface area (Å²) in [5, 5.41) is 2.22. The molecule has 1 unspecified atom stereocenters. The third-order valence-corrected chi connectivity index (χ3v) is 4.57. The van der Waals surface area contributed by atoms with Crippen LogP contribution in [0.3, 0.4) is 0 Å². The summed E-state index contributed by atoms with van der Waals surface area (Å²) in [5.74, 6) is 0.776. The van der Waals surface area contributed by atoms with E-state index < -0.39 is 0 Å². The fourth-order valence-electron chi connectivity index (χ4n) is 2.68. The maximum absolute atomic E-state index is 12.7. The van der Waals surface area contributed by atoms with Crippen LogP contribution in [0, 0.1) is 0 Å². The van der Waals surface area contributed by atoms with Crippen LogP contribution in [0.5, 0.6) is 5.75 Å². The third kappa shape index (κ3) is 3.30. The van der Waals surface area contributed by atoms with E-state index in [-0.39, 0.29) is 11.7 Å². The Morgan fingerprint density at radius 2 is 1.74 bits per heavy atom. The average Bonchev–Trinajstić information content (AvgIpc) is 2.59. The smallest absolute Gasteiger partial charge is 0.170 e. The van der Waals surface area contributed by atoms with Crippen LogP contribution >= 0.6 is 15.9 Å². The van der Waals surface area contributed by atoms with Gasteiger partial charge in [0.05, 0.1) is 7.11 Å². The predicted molar refractivity (Wildman–Crippen MR) is 97.4 cm³/mol. The molecule has 0 saturated carbocycles. The number of benzene rings is 3. The Hall–Kier alpha value is -2.13. The molecule has 3 rings (SSSR count). The first kappa shape index (κ1) is 15.8. The molecule has 0 aliphatic rings. The Morgan fingerprint density at radius 3 is 2.48 bits per heavy atom. The van der Waals surface area contributed by atoms with Gasteiger partial charge in [0.1, 0.15) is 5.75 Å². The molecule has 0 fully saturated rings. The number of ketones is 1. The molecule has 0 N–H and O–H groups in total. The molecule has 0 spiro atoms. The van der Waals surface area contributed by atoms with Gasteiger partial charge >= 0.3 is 0 Å². The molecule has 116 valence electrons. The normalized spacial score (nSPS) is 12.1. The summed E-state index contributed by atoms with van der Waals surface area (Å²) in [6, 6.07) is 19.6. The Bertz CT molecular complexity index is 870. The SMILES string of the molecule is COc1ccc2cc(C(C)C(=O)c3cccc(Br)c3)ccc2c1. The van der Waals surface area contributed by atoms with Crippen LogP contribution in [0.25, 0.3) is 10.8 Å². The van der Waals surface area contributed by atoms with Crippen molar-refractivity contribution in [1.29, 1.82) is 0 Å². The molecule has 3 aromatic carbocycles. The molecule has 0 aliphatic heterocycles. The number of rotatable bonds is 4. The van der Waals surface area contributed by atoms with Gasteiger partial charge in [-0.05, 0) is 40.6 Å². The highest BCUT2D eigenvalue weighted by atomic mass is 79.9. The van der Waals surface area contributed by atoms with E-state index >= 15 is 0 Å². The van der Waals surface area contributed by atoms with Crippen molar-refractivity contribution in [3.63, 3.8) is 0 Å². The van der Waals surface area contributed by atoms with Crippen molar-refractivity contribution < 1.29 is 9.53 Å².